The number of hydrogen-bond acceptors (Lipinski definition) is 5. The number of rotatable bonds is 5. The van der Waals surface area contributed by atoms with Gasteiger partial charge in [0.15, 0.2) is 11.2 Å². The number of nitrogens with one attached hydrogen (secondary N) is 1. The van der Waals surface area contributed by atoms with E-state index in [-0.39, 0.29) is 17.2 Å². The molecule has 6 heteroatoms. The van der Waals surface area contributed by atoms with E-state index in [1.165, 1.54) is 6.07 Å². The second-order valence-corrected chi connectivity index (χ2v) is 8.37. The van der Waals surface area contributed by atoms with Crippen LogP contribution in [0.15, 0.2) is 50.0 Å². The Morgan fingerprint density at radius 2 is 1.90 bits per heavy atom. The molecule has 3 heterocycles. The number of benzene rings is 1. The van der Waals surface area contributed by atoms with Gasteiger partial charge in [-0.25, -0.2) is 0 Å². The zero-order valence-electron chi connectivity index (χ0n) is 17.7. The molecule has 0 radical (unpaired) electrons. The first-order valence-corrected chi connectivity index (χ1v) is 10.5. The van der Waals surface area contributed by atoms with Gasteiger partial charge in [-0.1, -0.05) is 13.0 Å². The van der Waals surface area contributed by atoms with Crippen molar-refractivity contribution in [3.63, 3.8) is 0 Å². The average molecular weight is 408 g/mol. The summed E-state index contributed by atoms with van der Waals surface area (Å²) in [5, 5.41) is 3.42. The van der Waals surface area contributed by atoms with Gasteiger partial charge in [0.1, 0.15) is 17.1 Å². The van der Waals surface area contributed by atoms with Crippen molar-refractivity contribution in [1.82, 2.24) is 10.2 Å². The first-order chi connectivity index (χ1) is 14.4. The van der Waals surface area contributed by atoms with Gasteiger partial charge in [-0.15, -0.1) is 0 Å². The molecular weight excluding hydrogens is 380 g/mol. The molecule has 0 bridgehead atoms. The predicted molar refractivity (Wildman–Crippen MR) is 116 cm³/mol. The van der Waals surface area contributed by atoms with E-state index in [1.54, 1.807) is 12.1 Å². The smallest absolute Gasteiger partial charge is 0.287 e. The molecule has 1 atom stereocenters. The van der Waals surface area contributed by atoms with Gasteiger partial charge in [-0.05, 0) is 75.5 Å². The Kier molecular flexibility index (Phi) is 5.77. The van der Waals surface area contributed by atoms with E-state index in [4.69, 9.17) is 8.83 Å². The predicted octanol–water partition coefficient (Wildman–Crippen LogP) is 4.21. The molecule has 1 aliphatic heterocycles. The summed E-state index contributed by atoms with van der Waals surface area (Å²) in [6.45, 7) is 8.42. The maximum Gasteiger partial charge on any atom is 0.287 e. The largest absolute Gasteiger partial charge is 0.465 e. The minimum Gasteiger partial charge on any atom is -0.465 e. The Bertz CT molecular complexity index is 1110. The van der Waals surface area contributed by atoms with Gasteiger partial charge in [0, 0.05) is 12.6 Å². The lowest BCUT2D eigenvalue weighted by Gasteiger charge is -2.35. The fourth-order valence-corrected chi connectivity index (χ4v) is 4.03. The lowest BCUT2D eigenvalue weighted by molar-refractivity contribution is 0.0870. The SMILES string of the molecule is Cc1ccc2c(=O)cc(C(=O)NCC(c3ccc(C)o3)N3CCC(C)CC3)oc2c1. The van der Waals surface area contributed by atoms with Gasteiger partial charge in [0.25, 0.3) is 5.91 Å². The quantitative estimate of drug-likeness (QED) is 0.685. The molecule has 1 aromatic carbocycles. The van der Waals surface area contributed by atoms with Crippen LogP contribution in [-0.2, 0) is 0 Å². The number of carbonyl (C=O) groups is 1. The Balaban J connectivity index is 1.54. The second kappa shape index (κ2) is 8.48. The fraction of sp³-hybridized carbons (Fsp3) is 0.417. The van der Waals surface area contributed by atoms with Crippen LogP contribution in [-0.4, -0.2) is 30.4 Å². The summed E-state index contributed by atoms with van der Waals surface area (Å²) in [5.41, 5.74) is 1.18. The highest BCUT2D eigenvalue weighted by molar-refractivity contribution is 5.93. The molecule has 1 fully saturated rings. The van der Waals surface area contributed by atoms with E-state index < -0.39 is 5.91 Å². The van der Waals surface area contributed by atoms with E-state index in [1.807, 2.05) is 32.0 Å². The lowest BCUT2D eigenvalue weighted by atomic mass is 9.97. The van der Waals surface area contributed by atoms with Crippen molar-refractivity contribution in [3.05, 3.63) is 69.5 Å². The third kappa shape index (κ3) is 4.33. The van der Waals surface area contributed by atoms with Crippen molar-refractivity contribution in [2.24, 2.45) is 5.92 Å². The molecule has 1 N–H and O–H groups in total. The summed E-state index contributed by atoms with van der Waals surface area (Å²) < 4.78 is 11.6. The van der Waals surface area contributed by atoms with Gasteiger partial charge < -0.3 is 14.2 Å². The minimum absolute atomic E-state index is 0.0275. The number of likely N-dealkylation sites (tertiary alicyclic amines) is 1. The van der Waals surface area contributed by atoms with Crippen molar-refractivity contribution < 1.29 is 13.6 Å². The molecule has 30 heavy (non-hydrogen) atoms. The zero-order chi connectivity index (χ0) is 21.3. The second-order valence-electron chi connectivity index (χ2n) is 8.37. The molecule has 3 aromatic rings. The molecular formula is C24H28N2O4. The Labute approximate surface area is 175 Å². The average Bonchev–Trinajstić information content (AvgIpc) is 3.14. The highest BCUT2D eigenvalue weighted by Gasteiger charge is 2.27. The monoisotopic (exact) mass is 408 g/mol. The number of piperidine rings is 1. The van der Waals surface area contributed by atoms with E-state index in [0.29, 0.717) is 23.4 Å². The van der Waals surface area contributed by atoms with E-state index >= 15 is 0 Å². The molecule has 1 saturated heterocycles. The van der Waals surface area contributed by atoms with Crippen LogP contribution in [0.2, 0.25) is 0 Å². The molecule has 1 aliphatic rings. The summed E-state index contributed by atoms with van der Waals surface area (Å²) in [7, 11) is 0. The molecule has 0 aliphatic carbocycles. The number of carbonyl (C=O) groups excluding carboxylic acids is 1. The maximum atomic E-state index is 12.8. The van der Waals surface area contributed by atoms with E-state index in [9.17, 15) is 9.59 Å². The van der Waals surface area contributed by atoms with Crippen LogP contribution in [0.3, 0.4) is 0 Å². The van der Waals surface area contributed by atoms with E-state index in [2.05, 4.69) is 17.1 Å². The Morgan fingerprint density at radius 3 is 2.60 bits per heavy atom. The van der Waals surface area contributed by atoms with Crippen LogP contribution < -0.4 is 10.7 Å². The van der Waals surface area contributed by atoms with E-state index in [0.717, 1.165) is 43.0 Å². The first-order valence-electron chi connectivity index (χ1n) is 10.5. The van der Waals surface area contributed by atoms with Crippen LogP contribution >= 0.6 is 0 Å². The standard InChI is InChI=1S/C24H28N2O4/c1-15-8-10-26(11-9-15)19(21-7-5-17(3)29-21)14-25-24(28)23-13-20(27)18-6-4-16(2)12-22(18)30-23/h4-7,12-13,15,19H,8-11,14H2,1-3H3,(H,25,28). The number of amides is 1. The molecule has 0 spiro atoms. The van der Waals surface area contributed by atoms with Crippen molar-refractivity contribution in [2.45, 2.75) is 39.7 Å². The Morgan fingerprint density at radius 1 is 1.13 bits per heavy atom. The van der Waals surface area contributed by atoms with Crippen LogP contribution in [0.25, 0.3) is 11.0 Å². The van der Waals surface area contributed by atoms with Crippen LogP contribution in [0, 0.1) is 19.8 Å². The molecule has 1 amide bonds. The van der Waals surface area contributed by atoms with Crippen LogP contribution in [0.1, 0.15) is 53.4 Å². The molecule has 6 nitrogen and oxygen atoms in total. The van der Waals surface area contributed by atoms with Gasteiger partial charge >= 0.3 is 0 Å². The topological polar surface area (TPSA) is 75.7 Å². The van der Waals surface area contributed by atoms with Gasteiger partial charge in [-0.2, -0.15) is 0 Å². The maximum absolute atomic E-state index is 12.8. The minimum atomic E-state index is -0.394. The van der Waals surface area contributed by atoms with Gasteiger partial charge in [0.2, 0.25) is 0 Å². The Hall–Kier alpha value is -2.86. The lowest BCUT2D eigenvalue weighted by Crippen LogP contribution is -2.41. The molecule has 2 aromatic heterocycles. The third-order valence-corrected chi connectivity index (χ3v) is 5.91. The van der Waals surface area contributed by atoms with Crippen LogP contribution in [0.4, 0.5) is 0 Å². The van der Waals surface area contributed by atoms with Crippen LogP contribution in [0.5, 0.6) is 0 Å². The normalized spacial score (nSPS) is 16.6. The molecule has 1 unspecified atom stereocenters. The summed E-state index contributed by atoms with van der Waals surface area (Å²) >= 11 is 0. The summed E-state index contributed by atoms with van der Waals surface area (Å²) in [5.74, 6) is 2.04. The highest BCUT2D eigenvalue weighted by Crippen LogP contribution is 2.27. The van der Waals surface area contributed by atoms with Crippen molar-refractivity contribution >= 4 is 16.9 Å². The highest BCUT2D eigenvalue weighted by atomic mass is 16.3. The number of aryl methyl sites for hydroxylation is 2. The number of hydrogen-bond donors (Lipinski definition) is 1. The zero-order valence-corrected chi connectivity index (χ0v) is 17.7. The molecule has 4 rings (SSSR count). The first kappa shape index (κ1) is 20.4. The summed E-state index contributed by atoms with van der Waals surface area (Å²) in [6, 6.07) is 10.5. The van der Waals surface area contributed by atoms with Crippen molar-refractivity contribution in [2.75, 3.05) is 19.6 Å². The number of nitrogens with zero attached hydrogens (tertiary/aromatic N) is 1. The molecule has 158 valence electrons. The summed E-state index contributed by atoms with van der Waals surface area (Å²) in [4.78, 5) is 27.6. The number of fused-ring (bicyclic) bond motifs is 1. The van der Waals surface area contributed by atoms with Crippen molar-refractivity contribution in [3.8, 4) is 0 Å². The van der Waals surface area contributed by atoms with Gasteiger partial charge in [-0.3, -0.25) is 14.5 Å². The molecule has 0 saturated carbocycles. The number of furan rings is 1. The fourth-order valence-electron chi connectivity index (χ4n) is 4.03. The third-order valence-electron chi connectivity index (χ3n) is 5.91. The van der Waals surface area contributed by atoms with Crippen molar-refractivity contribution in [1.29, 1.82) is 0 Å². The van der Waals surface area contributed by atoms with Gasteiger partial charge in [0.05, 0.1) is 11.4 Å². The summed E-state index contributed by atoms with van der Waals surface area (Å²) in [6.07, 6.45) is 2.26.